The standard InChI is InChI=1S/C16H13NO2S/c18-15-14(20-16(19)17-15)10-11-6-8-13(9-7-11)12-4-2-1-3-5-12/h1-9,18H,10H2,(H,17,19). The van der Waals surface area contributed by atoms with Crippen LogP contribution in [-0.2, 0) is 6.42 Å². The number of benzene rings is 2. The molecule has 0 fully saturated rings. The van der Waals surface area contributed by atoms with Gasteiger partial charge in [0.15, 0.2) is 0 Å². The van der Waals surface area contributed by atoms with Gasteiger partial charge in [-0.25, -0.2) is 0 Å². The minimum atomic E-state index is -0.224. The van der Waals surface area contributed by atoms with Gasteiger partial charge in [0, 0.05) is 6.42 Å². The molecule has 0 aliphatic heterocycles. The summed E-state index contributed by atoms with van der Waals surface area (Å²) in [4.78, 5) is 14.0. The lowest BCUT2D eigenvalue weighted by Gasteiger charge is -2.03. The summed E-state index contributed by atoms with van der Waals surface area (Å²) in [5.41, 5.74) is 3.39. The molecule has 0 atom stereocenters. The Bertz CT molecular complexity index is 757. The van der Waals surface area contributed by atoms with Crippen LogP contribution in [0.3, 0.4) is 0 Å². The molecule has 0 aliphatic carbocycles. The molecule has 3 rings (SSSR count). The predicted octanol–water partition coefficient (Wildman–Crippen LogP) is 3.40. The molecule has 1 heterocycles. The third-order valence-corrected chi connectivity index (χ3v) is 4.00. The van der Waals surface area contributed by atoms with Crippen molar-refractivity contribution in [3.05, 3.63) is 74.7 Å². The normalized spacial score (nSPS) is 10.6. The van der Waals surface area contributed by atoms with Crippen LogP contribution in [0.4, 0.5) is 0 Å². The van der Waals surface area contributed by atoms with E-state index in [1.54, 1.807) is 0 Å². The van der Waals surface area contributed by atoms with Gasteiger partial charge in [0.1, 0.15) is 0 Å². The van der Waals surface area contributed by atoms with Crippen LogP contribution >= 0.6 is 11.3 Å². The lowest BCUT2D eigenvalue weighted by molar-refractivity contribution is 0.451. The Kier molecular flexibility index (Phi) is 3.39. The van der Waals surface area contributed by atoms with Crippen molar-refractivity contribution in [3.63, 3.8) is 0 Å². The fourth-order valence-corrected chi connectivity index (χ4v) is 2.86. The van der Waals surface area contributed by atoms with Crippen LogP contribution in [0.25, 0.3) is 11.1 Å². The first-order valence-electron chi connectivity index (χ1n) is 6.28. The minimum Gasteiger partial charge on any atom is -0.494 e. The number of hydrogen-bond acceptors (Lipinski definition) is 3. The number of H-pyrrole nitrogens is 1. The lowest BCUT2D eigenvalue weighted by Crippen LogP contribution is -1.89. The molecule has 0 aliphatic rings. The van der Waals surface area contributed by atoms with E-state index in [-0.39, 0.29) is 10.8 Å². The van der Waals surface area contributed by atoms with Gasteiger partial charge in [-0.2, -0.15) is 0 Å². The van der Waals surface area contributed by atoms with Crippen LogP contribution in [0, 0.1) is 0 Å². The lowest BCUT2D eigenvalue weighted by atomic mass is 10.0. The van der Waals surface area contributed by atoms with E-state index in [0.29, 0.717) is 11.3 Å². The molecular weight excluding hydrogens is 270 g/mol. The second-order valence-corrected chi connectivity index (χ2v) is 5.59. The zero-order valence-electron chi connectivity index (χ0n) is 10.7. The summed E-state index contributed by atoms with van der Waals surface area (Å²) >= 11 is 1.05. The van der Waals surface area contributed by atoms with E-state index < -0.39 is 0 Å². The fourth-order valence-electron chi connectivity index (χ4n) is 2.10. The molecule has 0 amide bonds. The van der Waals surface area contributed by atoms with Crippen LogP contribution < -0.4 is 4.87 Å². The Hall–Kier alpha value is -2.33. The summed E-state index contributed by atoms with van der Waals surface area (Å²) in [6, 6.07) is 18.3. The van der Waals surface area contributed by atoms with Crippen LogP contribution in [0.2, 0.25) is 0 Å². The van der Waals surface area contributed by atoms with Gasteiger partial charge in [0.05, 0.1) is 4.88 Å². The summed E-state index contributed by atoms with van der Waals surface area (Å²) in [5, 5.41) is 9.58. The molecule has 3 aromatic rings. The second-order valence-electron chi connectivity index (χ2n) is 4.53. The van der Waals surface area contributed by atoms with Crippen molar-refractivity contribution in [1.82, 2.24) is 4.98 Å². The van der Waals surface area contributed by atoms with Crippen molar-refractivity contribution < 1.29 is 5.11 Å². The zero-order valence-corrected chi connectivity index (χ0v) is 11.5. The predicted molar refractivity (Wildman–Crippen MR) is 81.3 cm³/mol. The van der Waals surface area contributed by atoms with E-state index in [1.807, 2.05) is 30.3 Å². The van der Waals surface area contributed by atoms with Crippen molar-refractivity contribution in [3.8, 4) is 17.0 Å². The van der Waals surface area contributed by atoms with Crippen LogP contribution in [0.1, 0.15) is 10.4 Å². The Morgan fingerprint density at radius 2 is 1.60 bits per heavy atom. The first-order valence-corrected chi connectivity index (χ1v) is 7.09. The Morgan fingerprint density at radius 1 is 0.950 bits per heavy atom. The van der Waals surface area contributed by atoms with E-state index >= 15 is 0 Å². The molecule has 20 heavy (non-hydrogen) atoms. The molecule has 0 bridgehead atoms. The molecule has 2 N–H and O–H groups in total. The highest BCUT2D eigenvalue weighted by Gasteiger charge is 2.07. The van der Waals surface area contributed by atoms with E-state index in [2.05, 4.69) is 29.2 Å². The maximum Gasteiger partial charge on any atom is 0.307 e. The molecule has 100 valence electrons. The molecule has 0 radical (unpaired) electrons. The molecule has 2 aromatic carbocycles. The quantitative estimate of drug-likeness (QED) is 0.774. The largest absolute Gasteiger partial charge is 0.494 e. The Balaban J connectivity index is 1.83. The molecule has 0 spiro atoms. The molecule has 0 saturated heterocycles. The maximum absolute atomic E-state index is 11.1. The van der Waals surface area contributed by atoms with E-state index in [4.69, 9.17) is 0 Å². The summed E-state index contributed by atoms with van der Waals surface area (Å²) < 4.78 is 0. The average Bonchev–Trinajstić information content (AvgIpc) is 2.79. The number of hydrogen-bond donors (Lipinski definition) is 2. The van der Waals surface area contributed by atoms with Gasteiger partial charge in [-0.05, 0) is 16.7 Å². The molecular formula is C16H13NO2S. The van der Waals surface area contributed by atoms with Gasteiger partial charge in [-0.15, -0.1) is 0 Å². The van der Waals surface area contributed by atoms with Gasteiger partial charge in [0.2, 0.25) is 5.88 Å². The maximum atomic E-state index is 11.1. The first-order chi connectivity index (χ1) is 9.72. The zero-order chi connectivity index (χ0) is 13.9. The molecule has 0 unspecified atom stereocenters. The Morgan fingerprint density at radius 3 is 2.20 bits per heavy atom. The smallest absolute Gasteiger partial charge is 0.307 e. The van der Waals surface area contributed by atoms with E-state index in [9.17, 15) is 9.90 Å². The van der Waals surface area contributed by atoms with Gasteiger partial charge >= 0.3 is 4.87 Å². The number of aromatic hydroxyl groups is 1. The van der Waals surface area contributed by atoms with Crippen molar-refractivity contribution in [2.75, 3.05) is 0 Å². The van der Waals surface area contributed by atoms with Gasteiger partial charge in [-0.3, -0.25) is 9.78 Å². The van der Waals surface area contributed by atoms with Crippen LogP contribution in [0.15, 0.2) is 59.4 Å². The number of aromatic amines is 1. The SMILES string of the molecule is O=c1[nH]c(O)c(Cc2ccc(-c3ccccc3)cc2)s1. The number of aromatic nitrogens is 1. The highest BCUT2D eigenvalue weighted by molar-refractivity contribution is 7.09. The van der Waals surface area contributed by atoms with E-state index in [1.165, 1.54) is 5.56 Å². The molecule has 0 saturated carbocycles. The van der Waals surface area contributed by atoms with Crippen molar-refractivity contribution in [2.45, 2.75) is 6.42 Å². The van der Waals surface area contributed by atoms with Gasteiger partial charge in [-0.1, -0.05) is 65.9 Å². The van der Waals surface area contributed by atoms with Crippen molar-refractivity contribution in [2.24, 2.45) is 0 Å². The van der Waals surface area contributed by atoms with Crippen LogP contribution in [-0.4, -0.2) is 10.1 Å². The van der Waals surface area contributed by atoms with Crippen molar-refractivity contribution >= 4 is 11.3 Å². The van der Waals surface area contributed by atoms with Gasteiger partial charge < -0.3 is 5.11 Å². The number of nitrogens with one attached hydrogen (secondary N) is 1. The summed E-state index contributed by atoms with van der Waals surface area (Å²) in [5.74, 6) is -0.0212. The molecule has 4 heteroatoms. The molecule has 3 nitrogen and oxygen atoms in total. The number of thiazole rings is 1. The summed E-state index contributed by atoms with van der Waals surface area (Å²) in [7, 11) is 0. The highest BCUT2D eigenvalue weighted by atomic mass is 32.1. The van der Waals surface area contributed by atoms with Crippen molar-refractivity contribution in [1.29, 1.82) is 0 Å². The Labute approximate surface area is 120 Å². The third kappa shape index (κ3) is 2.65. The summed E-state index contributed by atoms with van der Waals surface area (Å²) in [6.45, 7) is 0. The number of rotatable bonds is 3. The van der Waals surface area contributed by atoms with Crippen LogP contribution in [0.5, 0.6) is 5.88 Å². The average molecular weight is 283 g/mol. The molecule has 1 aromatic heterocycles. The monoisotopic (exact) mass is 283 g/mol. The highest BCUT2D eigenvalue weighted by Crippen LogP contribution is 2.23. The first kappa shape index (κ1) is 12.7. The topological polar surface area (TPSA) is 53.1 Å². The minimum absolute atomic E-state index is 0.0212. The fraction of sp³-hybridized carbons (Fsp3) is 0.0625. The second kappa shape index (κ2) is 5.35. The van der Waals surface area contributed by atoms with E-state index in [0.717, 1.165) is 22.5 Å². The third-order valence-electron chi connectivity index (χ3n) is 3.13. The van der Waals surface area contributed by atoms with Gasteiger partial charge in [0.25, 0.3) is 0 Å². The summed E-state index contributed by atoms with van der Waals surface area (Å²) in [6.07, 6.45) is 0.560.